The number of carbonyl (C=O) groups is 1. The van der Waals surface area contributed by atoms with Crippen molar-refractivity contribution in [2.75, 3.05) is 0 Å². The molecule has 1 unspecified atom stereocenters. The first-order valence-electron chi connectivity index (χ1n) is 4.14. The van der Waals surface area contributed by atoms with Crippen LogP contribution in [0.25, 0.3) is 0 Å². The summed E-state index contributed by atoms with van der Waals surface area (Å²) in [6.07, 6.45) is 0. The zero-order valence-corrected chi connectivity index (χ0v) is 10.2. The van der Waals surface area contributed by atoms with Crippen LogP contribution in [0.1, 0.15) is 18.1 Å². The molecule has 0 aliphatic carbocycles. The summed E-state index contributed by atoms with van der Waals surface area (Å²) in [5.41, 5.74) is 6.06. The van der Waals surface area contributed by atoms with Crippen LogP contribution in [-0.4, -0.2) is 11.1 Å². The number of carboxylic acid groups (broad SMARTS) is 1. The first-order chi connectivity index (χ1) is 6.35. The number of nitrogens with two attached hydrogens (primary N) is 1. The summed E-state index contributed by atoms with van der Waals surface area (Å²) in [6, 6.07) is 5.44. The van der Waals surface area contributed by atoms with Gasteiger partial charge in [0.25, 0.3) is 0 Å². The van der Waals surface area contributed by atoms with E-state index in [1.54, 1.807) is 6.07 Å². The van der Waals surface area contributed by atoms with E-state index >= 15 is 0 Å². The summed E-state index contributed by atoms with van der Waals surface area (Å²) in [7, 11) is 0. The third-order valence-corrected chi connectivity index (χ3v) is 3.41. The minimum absolute atomic E-state index is 0.628. The van der Waals surface area contributed by atoms with Gasteiger partial charge in [0.05, 0.1) is 0 Å². The molecule has 0 radical (unpaired) electrons. The van der Waals surface area contributed by atoms with Gasteiger partial charge >= 0.3 is 5.97 Å². The second-order valence-corrected chi connectivity index (χ2v) is 4.63. The Morgan fingerprint density at radius 2 is 2.14 bits per heavy atom. The van der Waals surface area contributed by atoms with Gasteiger partial charge in [0, 0.05) is 3.57 Å². The molecule has 14 heavy (non-hydrogen) atoms. The van der Waals surface area contributed by atoms with Crippen LogP contribution in [0.5, 0.6) is 0 Å². The van der Waals surface area contributed by atoms with E-state index in [1.807, 2.05) is 19.1 Å². The van der Waals surface area contributed by atoms with Gasteiger partial charge in [-0.3, -0.25) is 0 Å². The lowest BCUT2D eigenvalue weighted by Crippen LogP contribution is -2.41. The molecule has 0 bridgehead atoms. The number of hydrogen-bond donors (Lipinski definition) is 2. The molecule has 0 aromatic heterocycles. The van der Waals surface area contributed by atoms with Crippen molar-refractivity contribution in [1.29, 1.82) is 0 Å². The Morgan fingerprint density at radius 1 is 1.57 bits per heavy atom. The Balaban J connectivity index is 3.21. The maximum atomic E-state index is 10.9. The summed E-state index contributed by atoms with van der Waals surface area (Å²) in [5.74, 6) is -1.02. The molecule has 1 rings (SSSR count). The Morgan fingerprint density at radius 3 is 2.57 bits per heavy atom. The highest BCUT2D eigenvalue weighted by Gasteiger charge is 2.30. The van der Waals surface area contributed by atoms with Gasteiger partial charge in [-0.25, -0.2) is 4.79 Å². The fraction of sp³-hybridized carbons (Fsp3) is 0.300. The highest BCUT2D eigenvalue weighted by Crippen LogP contribution is 2.21. The molecule has 1 aromatic carbocycles. The fourth-order valence-electron chi connectivity index (χ4n) is 1.09. The fourth-order valence-corrected chi connectivity index (χ4v) is 1.43. The normalized spacial score (nSPS) is 14.9. The van der Waals surface area contributed by atoms with Crippen molar-refractivity contribution in [1.82, 2.24) is 0 Å². The highest BCUT2D eigenvalue weighted by molar-refractivity contribution is 14.1. The quantitative estimate of drug-likeness (QED) is 0.820. The Labute approximate surface area is 96.4 Å². The number of carboxylic acids is 1. The van der Waals surface area contributed by atoms with Crippen LogP contribution in [0, 0.1) is 10.5 Å². The van der Waals surface area contributed by atoms with Crippen molar-refractivity contribution in [2.45, 2.75) is 19.4 Å². The molecule has 0 aliphatic heterocycles. The maximum absolute atomic E-state index is 10.9. The average molecular weight is 305 g/mol. The lowest BCUT2D eigenvalue weighted by molar-refractivity contribution is -0.143. The van der Waals surface area contributed by atoms with Gasteiger partial charge in [0.2, 0.25) is 0 Å². The first kappa shape index (κ1) is 11.5. The molecule has 0 saturated carbocycles. The Bertz CT molecular complexity index is 374. The van der Waals surface area contributed by atoms with Crippen LogP contribution in [0.2, 0.25) is 0 Å². The third-order valence-electron chi connectivity index (χ3n) is 2.20. The monoisotopic (exact) mass is 305 g/mol. The van der Waals surface area contributed by atoms with Crippen LogP contribution >= 0.6 is 22.6 Å². The molecule has 0 amide bonds. The summed E-state index contributed by atoms with van der Waals surface area (Å²) in [6.45, 7) is 3.43. The SMILES string of the molecule is Cc1cc(C(C)(N)C(=O)O)ccc1I. The molecular weight excluding hydrogens is 293 g/mol. The second kappa shape index (κ2) is 3.86. The van der Waals surface area contributed by atoms with Crippen molar-refractivity contribution in [3.63, 3.8) is 0 Å². The van der Waals surface area contributed by atoms with Crippen molar-refractivity contribution in [3.8, 4) is 0 Å². The molecule has 3 N–H and O–H groups in total. The van der Waals surface area contributed by atoms with E-state index in [2.05, 4.69) is 22.6 Å². The Kier molecular flexibility index (Phi) is 3.16. The van der Waals surface area contributed by atoms with Crippen LogP contribution in [0.15, 0.2) is 18.2 Å². The molecule has 3 nitrogen and oxygen atoms in total. The molecule has 1 atom stereocenters. The largest absolute Gasteiger partial charge is 0.480 e. The molecule has 0 fully saturated rings. The number of aliphatic carboxylic acids is 1. The summed E-state index contributed by atoms with van der Waals surface area (Å²) >= 11 is 2.20. The van der Waals surface area contributed by atoms with Gasteiger partial charge < -0.3 is 10.8 Å². The molecule has 0 saturated heterocycles. The van der Waals surface area contributed by atoms with Crippen LogP contribution in [-0.2, 0) is 10.3 Å². The van der Waals surface area contributed by atoms with E-state index in [0.29, 0.717) is 5.56 Å². The lowest BCUT2D eigenvalue weighted by atomic mass is 9.92. The van der Waals surface area contributed by atoms with Crippen LogP contribution in [0.3, 0.4) is 0 Å². The Hall–Kier alpha value is -0.620. The predicted octanol–water partition coefficient (Wildman–Crippen LogP) is 1.86. The van der Waals surface area contributed by atoms with Crippen molar-refractivity contribution < 1.29 is 9.90 Å². The topological polar surface area (TPSA) is 63.3 Å². The van der Waals surface area contributed by atoms with Crippen molar-refractivity contribution >= 4 is 28.6 Å². The lowest BCUT2D eigenvalue weighted by Gasteiger charge is -2.20. The molecule has 0 spiro atoms. The number of benzene rings is 1. The predicted molar refractivity (Wildman–Crippen MR) is 63.1 cm³/mol. The van der Waals surface area contributed by atoms with Crippen molar-refractivity contribution in [3.05, 3.63) is 32.9 Å². The molecule has 0 aliphatic rings. The zero-order valence-electron chi connectivity index (χ0n) is 8.04. The summed E-state index contributed by atoms with van der Waals surface area (Å²) in [4.78, 5) is 10.9. The van der Waals surface area contributed by atoms with Crippen LogP contribution in [0.4, 0.5) is 0 Å². The van der Waals surface area contributed by atoms with Gasteiger partial charge in [0.15, 0.2) is 0 Å². The standard InChI is InChI=1S/C10H12INO2/c1-6-5-7(3-4-8(6)11)10(2,12)9(13)14/h3-5H,12H2,1-2H3,(H,13,14). The molecule has 4 heteroatoms. The maximum Gasteiger partial charge on any atom is 0.328 e. The molecule has 1 aromatic rings. The molecule has 76 valence electrons. The summed E-state index contributed by atoms with van der Waals surface area (Å²) in [5, 5.41) is 8.93. The van der Waals surface area contributed by atoms with Gasteiger partial charge in [0.1, 0.15) is 5.54 Å². The smallest absolute Gasteiger partial charge is 0.328 e. The van der Waals surface area contributed by atoms with E-state index in [0.717, 1.165) is 9.13 Å². The van der Waals surface area contributed by atoms with E-state index in [9.17, 15) is 4.79 Å². The van der Waals surface area contributed by atoms with Crippen molar-refractivity contribution in [2.24, 2.45) is 5.73 Å². The van der Waals surface area contributed by atoms with Gasteiger partial charge in [-0.1, -0.05) is 12.1 Å². The average Bonchev–Trinajstić information content (AvgIpc) is 2.09. The minimum Gasteiger partial charge on any atom is -0.480 e. The number of halogens is 1. The second-order valence-electron chi connectivity index (χ2n) is 3.47. The number of rotatable bonds is 2. The first-order valence-corrected chi connectivity index (χ1v) is 5.22. The summed E-state index contributed by atoms with van der Waals surface area (Å²) < 4.78 is 1.10. The minimum atomic E-state index is -1.31. The van der Waals surface area contributed by atoms with E-state index in [4.69, 9.17) is 10.8 Å². The van der Waals surface area contributed by atoms with E-state index in [1.165, 1.54) is 6.92 Å². The number of hydrogen-bond acceptors (Lipinski definition) is 2. The van der Waals surface area contributed by atoms with Gasteiger partial charge in [-0.05, 0) is 53.6 Å². The zero-order chi connectivity index (χ0) is 10.9. The van der Waals surface area contributed by atoms with E-state index in [-0.39, 0.29) is 0 Å². The van der Waals surface area contributed by atoms with Gasteiger partial charge in [-0.2, -0.15) is 0 Å². The van der Waals surface area contributed by atoms with E-state index < -0.39 is 11.5 Å². The third kappa shape index (κ3) is 2.06. The van der Waals surface area contributed by atoms with Gasteiger partial charge in [-0.15, -0.1) is 0 Å². The van der Waals surface area contributed by atoms with Crippen LogP contribution < -0.4 is 5.73 Å². The number of aryl methyl sites for hydroxylation is 1. The molecular formula is C10H12INO2. The highest BCUT2D eigenvalue weighted by atomic mass is 127. The molecule has 0 heterocycles.